The van der Waals surface area contributed by atoms with Crippen molar-refractivity contribution < 1.29 is 4.74 Å². The summed E-state index contributed by atoms with van der Waals surface area (Å²) in [5, 5.41) is 3.34. The molecule has 0 bridgehead atoms. The standard InChI is InChI=1S/C10H21NO/c1-5-9(2)6-11-7-10(3)8-12-4/h10-11H,2,5-8H2,1,3-4H3. The van der Waals surface area contributed by atoms with Gasteiger partial charge in [0, 0.05) is 26.8 Å². The normalized spacial score (nSPS) is 12.9. The fourth-order valence-corrected chi connectivity index (χ4v) is 0.964. The average Bonchev–Trinajstić information content (AvgIpc) is 2.04. The van der Waals surface area contributed by atoms with Crippen LogP contribution in [0.2, 0.25) is 0 Å². The minimum Gasteiger partial charge on any atom is -0.384 e. The summed E-state index contributed by atoms with van der Waals surface area (Å²) in [5.41, 5.74) is 1.26. The zero-order valence-corrected chi connectivity index (χ0v) is 8.52. The van der Waals surface area contributed by atoms with Crippen molar-refractivity contribution in [3.8, 4) is 0 Å². The van der Waals surface area contributed by atoms with Crippen LogP contribution in [0.1, 0.15) is 20.3 Å². The van der Waals surface area contributed by atoms with Crippen LogP contribution in [0.3, 0.4) is 0 Å². The molecule has 0 aromatic heterocycles. The second-order valence-electron chi connectivity index (χ2n) is 3.29. The van der Waals surface area contributed by atoms with E-state index in [0.717, 1.165) is 26.1 Å². The van der Waals surface area contributed by atoms with Gasteiger partial charge < -0.3 is 10.1 Å². The van der Waals surface area contributed by atoms with Crippen LogP contribution in [0.4, 0.5) is 0 Å². The number of nitrogens with one attached hydrogen (secondary N) is 1. The Morgan fingerprint density at radius 1 is 1.58 bits per heavy atom. The molecule has 1 unspecified atom stereocenters. The maximum Gasteiger partial charge on any atom is 0.0499 e. The van der Waals surface area contributed by atoms with E-state index in [-0.39, 0.29) is 0 Å². The van der Waals surface area contributed by atoms with Crippen LogP contribution >= 0.6 is 0 Å². The SMILES string of the molecule is C=C(CC)CNCC(C)COC. The van der Waals surface area contributed by atoms with Crippen LogP contribution in [0.5, 0.6) is 0 Å². The van der Waals surface area contributed by atoms with Gasteiger partial charge in [-0.25, -0.2) is 0 Å². The first kappa shape index (κ1) is 11.7. The third-order valence-corrected chi connectivity index (χ3v) is 1.82. The first-order valence-electron chi connectivity index (χ1n) is 4.57. The molecule has 12 heavy (non-hydrogen) atoms. The summed E-state index contributed by atoms with van der Waals surface area (Å²) in [6, 6.07) is 0. The number of rotatable bonds is 7. The van der Waals surface area contributed by atoms with Crippen molar-refractivity contribution in [1.82, 2.24) is 5.32 Å². The summed E-state index contributed by atoms with van der Waals surface area (Å²) in [5.74, 6) is 0.583. The Hall–Kier alpha value is -0.340. The largest absolute Gasteiger partial charge is 0.384 e. The predicted molar refractivity (Wildman–Crippen MR) is 53.3 cm³/mol. The Labute approximate surface area is 76.0 Å². The highest BCUT2D eigenvalue weighted by molar-refractivity contribution is 4.94. The third kappa shape index (κ3) is 6.38. The average molecular weight is 171 g/mol. The van der Waals surface area contributed by atoms with E-state index in [1.54, 1.807) is 7.11 Å². The van der Waals surface area contributed by atoms with Crippen LogP contribution in [-0.4, -0.2) is 26.8 Å². The van der Waals surface area contributed by atoms with E-state index in [1.807, 2.05) is 0 Å². The van der Waals surface area contributed by atoms with E-state index < -0.39 is 0 Å². The number of ether oxygens (including phenoxy) is 1. The Morgan fingerprint density at radius 2 is 2.25 bits per heavy atom. The van der Waals surface area contributed by atoms with Gasteiger partial charge in [0.15, 0.2) is 0 Å². The monoisotopic (exact) mass is 171 g/mol. The molecule has 0 rings (SSSR count). The Balaban J connectivity index is 3.24. The van der Waals surface area contributed by atoms with E-state index in [0.29, 0.717) is 5.92 Å². The van der Waals surface area contributed by atoms with Crippen molar-refractivity contribution in [3.05, 3.63) is 12.2 Å². The van der Waals surface area contributed by atoms with Crippen LogP contribution in [0, 0.1) is 5.92 Å². The molecule has 1 atom stereocenters. The van der Waals surface area contributed by atoms with E-state index in [1.165, 1.54) is 5.57 Å². The predicted octanol–water partition coefficient (Wildman–Crippen LogP) is 1.82. The summed E-state index contributed by atoms with van der Waals surface area (Å²) >= 11 is 0. The molecule has 0 spiro atoms. The Morgan fingerprint density at radius 3 is 2.75 bits per heavy atom. The molecule has 0 heterocycles. The van der Waals surface area contributed by atoms with Gasteiger partial charge in [0.05, 0.1) is 0 Å². The molecular weight excluding hydrogens is 150 g/mol. The molecule has 0 aromatic rings. The Bertz CT molecular complexity index is 123. The minimum atomic E-state index is 0.583. The van der Waals surface area contributed by atoms with Crippen molar-refractivity contribution in [3.63, 3.8) is 0 Å². The molecule has 0 saturated carbocycles. The number of hydrogen-bond donors (Lipinski definition) is 1. The van der Waals surface area contributed by atoms with Gasteiger partial charge in [0.1, 0.15) is 0 Å². The van der Waals surface area contributed by atoms with Crippen LogP contribution in [0.15, 0.2) is 12.2 Å². The zero-order chi connectivity index (χ0) is 9.40. The molecule has 72 valence electrons. The van der Waals surface area contributed by atoms with Gasteiger partial charge in [-0.2, -0.15) is 0 Å². The van der Waals surface area contributed by atoms with E-state index >= 15 is 0 Å². The summed E-state index contributed by atoms with van der Waals surface area (Å²) in [6.07, 6.45) is 1.06. The van der Waals surface area contributed by atoms with Crippen molar-refractivity contribution >= 4 is 0 Å². The van der Waals surface area contributed by atoms with Crippen LogP contribution in [-0.2, 0) is 4.74 Å². The van der Waals surface area contributed by atoms with Crippen molar-refractivity contribution in [1.29, 1.82) is 0 Å². The van der Waals surface area contributed by atoms with Gasteiger partial charge in [0.25, 0.3) is 0 Å². The highest BCUT2D eigenvalue weighted by atomic mass is 16.5. The van der Waals surface area contributed by atoms with E-state index in [2.05, 4.69) is 25.7 Å². The number of hydrogen-bond acceptors (Lipinski definition) is 2. The van der Waals surface area contributed by atoms with Gasteiger partial charge >= 0.3 is 0 Å². The Kier molecular flexibility index (Phi) is 7.11. The molecule has 0 aliphatic heterocycles. The first-order valence-corrected chi connectivity index (χ1v) is 4.57. The molecule has 0 amide bonds. The fourth-order valence-electron chi connectivity index (χ4n) is 0.964. The lowest BCUT2D eigenvalue weighted by atomic mass is 10.2. The summed E-state index contributed by atoms with van der Waals surface area (Å²) in [6.45, 7) is 11.0. The van der Waals surface area contributed by atoms with Gasteiger partial charge in [-0.15, -0.1) is 0 Å². The molecule has 2 heteroatoms. The maximum absolute atomic E-state index is 5.03. The van der Waals surface area contributed by atoms with Crippen LogP contribution < -0.4 is 5.32 Å². The summed E-state index contributed by atoms with van der Waals surface area (Å²) in [4.78, 5) is 0. The minimum absolute atomic E-state index is 0.583. The lowest BCUT2D eigenvalue weighted by molar-refractivity contribution is 0.159. The lowest BCUT2D eigenvalue weighted by Crippen LogP contribution is -2.25. The van der Waals surface area contributed by atoms with Crippen molar-refractivity contribution in [2.24, 2.45) is 5.92 Å². The molecule has 2 nitrogen and oxygen atoms in total. The molecule has 0 aliphatic carbocycles. The molecule has 0 radical (unpaired) electrons. The van der Waals surface area contributed by atoms with Crippen molar-refractivity contribution in [2.45, 2.75) is 20.3 Å². The second-order valence-corrected chi connectivity index (χ2v) is 3.29. The first-order chi connectivity index (χ1) is 5.70. The zero-order valence-electron chi connectivity index (χ0n) is 8.52. The van der Waals surface area contributed by atoms with Gasteiger partial charge in [-0.1, -0.05) is 26.0 Å². The molecule has 0 fully saturated rings. The van der Waals surface area contributed by atoms with E-state index in [4.69, 9.17) is 4.74 Å². The van der Waals surface area contributed by atoms with Gasteiger partial charge in [-0.05, 0) is 12.3 Å². The third-order valence-electron chi connectivity index (χ3n) is 1.82. The molecule has 0 aliphatic rings. The fraction of sp³-hybridized carbons (Fsp3) is 0.800. The number of methoxy groups -OCH3 is 1. The molecule has 0 aromatic carbocycles. The summed E-state index contributed by atoms with van der Waals surface area (Å²) < 4.78 is 5.03. The quantitative estimate of drug-likeness (QED) is 0.590. The smallest absolute Gasteiger partial charge is 0.0499 e. The molecular formula is C10H21NO. The lowest BCUT2D eigenvalue weighted by Gasteiger charge is -2.11. The highest BCUT2D eigenvalue weighted by Gasteiger charge is 1.99. The molecule has 0 saturated heterocycles. The van der Waals surface area contributed by atoms with Gasteiger partial charge in [-0.3, -0.25) is 0 Å². The topological polar surface area (TPSA) is 21.3 Å². The molecule has 1 N–H and O–H groups in total. The van der Waals surface area contributed by atoms with Crippen molar-refractivity contribution in [2.75, 3.05) is 26.8 Å². The summed E-state index contributed by atoms with van der Waals surface area (Å²) in [7, 11) is 1.74. The second kappa shape index (κ2) is 7.32. The van der Waals surface area contributed by atoms with E-state index in [9.17, 15) is 0 Å². The van der Waals surface area contributed by atoms with Crippen LogP contribution in [0.25, 0.3) is 0 Å². The van der Waals surface area contributed by atoms with Gasteiger partial charge in [0.2, 0.25) is 0 Å². The maximum atomic E-state index is 5.03. The highest BCUT2D eigenvalue weighted by Crippen LogP contribution is 1.95.